The van der Waals surface area contributed by atoms with E-state index in [4.69, 9.17) is 0 Å². The maximum absolute atomic E-state index is 10.8. The topological polar surface area (TPSA) is 61.4 Å². The smallest absolute Gasteiger partial charge is 0.314 e. The number of hydrogen-bond acceptors (Lipinski definition) is 2. The van der Waals surface area contributed by atoms with Gasteiger partial charge >= 0.3 is 6.03 Å². The predicted molar refractivity (Wildman–Crippen MR) is 53.9 cm³/mol. The average molecular weight is 194 g/mol. The van der Waals surface area contributed by atoms with Crippen molar-refractivity contribution in [3.63, 3.8) is 0 Å². The molecule has 0 fully saturated rings. The first-order valence-electron chi connectivity index (χ1n) is 4.42. The van der Waals surface area contributed by atoms with Crippen molar-refractivity contribution in [3.05, 3.63) is 35.9 Å². The minimum Gasteiger partial charge on any atom is -0.387 e. The molecule has 0 bridgehead atoms. The number of amides is 2. The monoisotopic (exact) mass is 194 g/mol. The van der Waals surface area contributed by atoms with Gasteiger partial charge in [-0.25, -0.2) is 4.79 Å². The highest BCUT2D eigenvalue weighted by molar-refractivity contribution is 5.73. The van der Waals surface area contributed by atoms with Gasteiger partial charge in [-0.05, 0) is 5.56 Å². The fraction of sp³-hybridized carbons (Fsp3) is 0.300. The average Bonchev–Trinajstić information content (AvgIpc) is 2.26. The summed E-state index contributed by atoms with van der Waals surface area (Å²) >= 11 is 0. The number of rotatable bonds is 3. The molecule has 1 rings (SSSR count). The van der Waals surface area contributed by atoms with Gasteiger partial charge in [0.2, 0.25) is 0 Å². The zero-order chi connectivity index (χ0) is 10.4. The van der Waals surface area contributed by atoms with Crippen LogP contribution in [0.2, 0.25) is 0 Å². The Bertz CT molecular complexity index is 287. The van der Waals surface area contributed by atoms with Crippen molar-refractivity contribution in [2.24, 2.45) is 0 Å². The summed E-state index contributed by atoms with van der Waals surface area (Å²) in [5.41, 5.74) is 0.795. The first-order valence-corrected chi connectivity index (χ1v) is 4.42. The molecule has 4 heteroatoms. The lowest BCUT2D eigenvalue weighted by atomic mass is 10.1. The van der Waals surface area contributed by atoms with E-state index in [0.717, 1.165) is 5.56 Å². The molecule has 0 aliphatic heterocycles. The molecular weight excluding hydrogens is 180 g/mol. The van der Waals surface area contributed by atoms with E-state index < -0.39 is 6.10 Å². The van der Waals surface area contributed by atoms with E-state index in [1.54, 1.807) is 0 Å². The van der Waals surface area contributed by atoms with E-state index in [1.165, 1.54) is 7.05 Å². The largest absolute Gasteiger partial charge is 0.387 e. The standard InChI is InChI=1S/C10H14N2O2/c1-11-10(14)12-7-9(13)8-5-3-2-4-6-8/h2-6,9,13H,7H2,1H3,(H2,11,12,14). The van der Waals surface area contributed by atoms with Gasteiger partial charge in [0.1, 0.15) is 0 Å². The third-order valence-corrected chi connectivity index (χ3v) is 1.87. The van der Waals surface area contributed by atoms with Crippen LogP contribution in [0.3, 0.4) is 0 Å². The molecule has 14 heavy (non-hydrogen) atoms. The second-order valence-electron chi connectivity index (χ2n) is 2.89. The zero-order valence-electron chi connectivity index (χ0n) is 8.03. The molecule has 1 aromatic carbocycles. The minimum absolute atomic E-state index is 0.212. The number of urea groups is 1. The van der Waals surface area contributed by atoms with Crippen LogP contribution < -0.4 is 10.6 Å². The van der Waals surface area contributed by atoms with E-state index in [1.807, 2.05) is 30.3 Å². The summed E-state index contributed by atoms with van der Waals surface area (Å²) in [4.78, 5) is 10.8. The normalized spacial score (nSPS) is 11.9. The first kappa shape index (κ1) is 10.5. The van der Waals surface area contributed by atoms with Crippen molar-refractivity contribution in [2.45, 2.75) is 6.10 Å². The van der Waals surface area contributed by atoms with Crippen molar-refractivity contribution in [1.29, 1.82) is 0 Å². The summed E-state index contributed by atoms with van der Waals surface area (Å²) in [5, 5.41) is 14.6. The third-order valence-electron chi connectivity index (χ3n) is 1.87. The van der Waals surface area contributed by atoms with E-state index in [0.29, 0.717) is 0 Å². The summed E-state index contributed by atoms with van der Waals surface area (Å²) in [6, 6.07) is 8.91. The molecular formula is C10H14N2O2. The van der Waals surface area contributed by atoms with Crippen molar-refractivity contribution in [2.75, 3.05) is 13.6 Å². The van der Waals surface area contributed by atoms with E-state index in [9.17, 15) is 9.90 Å². The van der Waals surface area contributed by atoms with Crippen molar-refractivity contribution < 1.29 is 9.90 Å². The highest BCUT2D eigenvalue weighted by atomic mass is 16.3. The molecule has 2 amide bonds. The summed E-state index contributed by atoms with van der Waals surface area (Å²) < 4.78 is 0. The molecule has 3 N–H and O–H groups in total. The molecule has 0 spiro atoms. The molecule has 0 aliphatic carbocycles. The number of nitrogens with one attached hydrogen (secondary N) is 2. The van der Waals surface area contributed by atoms with Crippen LogP contribution in [0.1, 0.15) is 11.7 Å². The van der Waals surface area contributed by atoms with Crippen LogP contribution in [0.4, 0.5) is 4.79 Å². The zero-order valence-corrected chi connectivity index (χ0v) is 8.03. The van der Waals surface area contributed by atoms with Gasteiger partial charge in [-0.3, -0.25) is 0 Å². The lowest BCUT2D eigenvalue weighted by Crippen LogP contribution is -2.35. The fourth-order valence-corrected chi connectivity index (χ4v) is 1.07. The molecule has 0 saturated carbocycles. The van der Waals surface area contributed by atoms with Gasteiger partial charge in [0.25, 0.3) is 0 Å². The quantitative estimate of drug-likeness (QED) is 0.661. The van der Waals surface area contributed by atoms with Gasteiger partial charge in [0.15, 0.2) is 0 Å². The SMILES string of the molecule is CNC(=O)NCC(O)c1ccccc1. The Morgan fingerprint density at radius 1 is 1.43 bits per heavy atom. The Labute approximate surface area is 82.9 Å². The fourth-order valence-electron chi connectivity index (χ4n) is 1.07. The highest BCUT2D eigenvalue weighted by Crippen LogP contribution is 2.09. The van der Waals surface area contributed by atoms with Gasteiger partial charge in [0.05, 0.1) is 6.10 Å². The molecule has 0 saturated heterocycles. The van der Waals surface area contributed by atoms with Gasteiger partial charge in [0, 0.05) is 13.6 Å². The number of aliphatic hydroxyl groups is 1. The lowest BCUT2D eigenvalue weighted by molar-refractivity contribution is 0.173. The molecule has 1 aromatic rings. The summed E-state index contributed by atoms with van der Waals surface area (Å²) in [6.07, 6.45) is -0.659. The van der Waals surface area contributed by atoms with Crippen molar-refractivity contribution >= 4 is 6.03 Å². The van der Waals surface area contributed by atoms with Crippen LogP contribution in [0.25, 0.3) is 0 Å². The Kier molecular flexibility index (Phi) is 3.94. The second-order valence-corrected chi connectivity index (χ2v) is 2.89. The molecule has 0 aliphatic rings. The van der Waals surface area contributed by atoms with Crippen LogP contribution in [-0.4, -0.2) is 24.7 Å². The van der Waals surface area contributed by atoms with Crippen LogP contribution in [-0.2, 0) is 0 Å². The Morgan fingerprint density at radius 3 is 2.64 bits per heavy atom. The molecule has 1 unspecified atom stereocenters. The molecule has 76 valence electrons. The van der Waals surface area contributed by atoms with Gasteiger partial charge in [-0.2, -0.15) is 0 Å². The Hall–Kier alpha value is -1.55. The summed E-state index contributed by atoms with van der Waals surface area (Å²) in [5.74, 6) is 0. The third kappa shape index (κ3) is 3.06. The Morgan fingerprint density at radius 2 is 2.07 bits per heavy atom. The van der Waals surface area contributed by atoms with E-state index >= 15 is 0 Å². The summed E-state index contributed by atoms with van der Waals surface area (Å²) in [6.45, 7) is 0.212. The van der Waals surface area contributed by atoms with E-state index in [-0.39, 0.29) is 12.6 Å². The molecule has 4 nitrogen and oxygen atoms in total. The molecule has 0 heterocycles. The number of hydrogen-bond donors (Lipinski definition) is 3. The van der Waals surface area contributed by atoms with Crippen molar-refractivity contribution in [3.8, 4) is 0 Å². The van der Waals surface area contributed by atoms with Crippen LogP contribution in [0, 0.1) is 0 Å². The van der Waals surface area contributed by atoms with Gasteiger partial charge < -0.3 is 15.7 Å². The van der Waals surface area contributed by atoms with Crippen molar-refractivity contribution in [1.82, 2.24) is 10.6 Å². The molecule has 1 atom stereocenters. The molecule has 0 radical (unpaired) electrons. The highest BCUT2D eigenvalue weighted by Gasteiger charge is 2.07. The lowest BCUT2D eigenvalue weighted by Gasteiger charge is -2.11. The maximum atomic E-state index is 10.8. The summed E-state index contributed by atoms with van der Waals surface area (Å²) in [7, 11) is 1.53. The number of carbonyl (C=O) groups excluding carboxylic acids is 1. The first-order chi connectivity index (χ1) is 6.74. The minimum atomic E-state index is -0.659. The van der Waals surface area contributed by atoms with E-state index in [2.05, 4.69) is 10.6 Å². The second kappa shape index (κ2) is 5.24. The van der Waals surface area contributed by atoms with Crippen LogP contribution >= 0.6 is 0 Å². The number of aliphatic hydroxyl groups excluding tert-OH is 1. The van der Waals surface area contributed by atoms with Crippen LogP contribution in [0.5, 0.6) is 0 Å². The Balaban J connectivity index is 2.43. The predicted octanol–water partition coefficient (Wildman–Crippen LogP) is 0.649. The molecule has 0 aromatic heterocycles. The van der Waals surface area contributed by atoms with Crippen LogP contribution in [0.15, 0.2) is 30.3 Å². The number of carbonyl (C=O) groups is 1. The number of benzene rings is 1. The van der Waals surface area contributed by atoms with Gasteiger partial charge in [-0.1, -0.05) is 30.3 Å². The van der Waals surface area contributed by atoms with Gasteiger partial charge in [-0.15, -0.1) is 0 Å². The maximum Gasteiger partial charge on any atom is 0.314 e.